The van der Waals surface area contributed by atoms with Crippen molar-refractivity contribution in [3.63, 3.8) is 0 Å². The minimum Gasteiger partial charge on any atom is -0.326 e. The van der Waals surface area contributed by atoms with Crippen LogP contribution >= 0.6 is 22.9 Å². The summed E-state index contributed by atoms with van der Waals surface area (Å²) in [6.07, 6.45) is -4.56. The second-order valence-electron chi connectivity index (χ2n) is 3.62. The van der Waals surface area contributed by atoms with Crippen molar-refractivity contribution in [3.05, 3.63) is 39.6 Å². The van der Waals surface area contributed by atoms with Crippen molar-refractivity contribution in [2.24, 2.45) is 5.73 Å². The molecule has 2 rings (SSSR count). The number of alkyl halides is 3. The van der Waals surface area contributed by atoms with E-state index in [1.54, 1.807) is 0 Å². The van der Waals surface area contributed by atoms with Crippen LogP contribution in [0.15, 0.2) is 18.2 Å². The van der Waals surface area contributed by atoms with Gasteiger partial charge in [-0.3, -0.25) is 0 Å². The summed E-state index contributed by atoms with van der Waals surface area (Å²) in [5.41, 5.74) is 4.59. The Hall–Kier alpha value is -1.18. The largest absolute Gasteiger partial charge is 0.434 e. The quantitative estimate of drug-likeness (QED) is 0.849. The van der Waals surface area contributed by atoms with Gasteiger partial charge in [0.25, 0.3) is 0 Å². The fourth-order valence-electron chi connectivity index (χ4n) is 1.46. The molecule has 0 radical (unpaired) electrons. The molecule has 102 valence electrons. The summed E-state index contributed by atoms with van der Waals surface area (Å²) < 4.78 is 51.1. The Morgan fingerprint density at radius 2 is 2.00 bits per heavy atom. The van der Waals surface area contributed by atoms with Gasteiger partial charge in [0.2, 0.25) is 0 Å². The monoisotopic (exact) mass is 310 g/mol. The van der Waals surface area contributed by atoms with Crippen molar-refractivity contribution in [2.45, 2.75) is 12.7 Å². The van der Waals surface area contributed by atoms with Crippen LogP contribution in [0.3, 0.4) is 0 Å². The summed E-state index contributed by atoms with van der Waals surface area (Å²) >= 11 is 6.41. The normalized spacial score (nSPS) is 11.9. The molecule has 0 amide bonds. The smallest absolute Gasteiger partial charge is 0.326 e. The predicted octanol–water partition coefficient (Wildman–Crippen LogP) is 4.08. The van der Waals surface area contributed by atoms with E-state index in [1.807, 2.05) is 0 Å². The summed E-state index contributed by atoms with van der Waals surface area (Å²) in [7, 11) is 0. The summed E-state index contributed by atoms with van der Waals surface area (Å²) in [4.78, 5) is 3.46. The van der Waals surface area contributed by atoms with E-state index in [9.17, 15) is 17.6 Å². The molecule has 2 N–H and O–H groups in total. The average Bonchev–Trinajstić information content (AvgIpc) is 2.76. The number of halogens is 5. The van der Waals surface area contributed by atoms with Gasteiger partial charge in [0, 0.05) is 12.1 Å². The van der Waals surface area contributed by atoms with Crippen molar-refractivity contribution in [3.8, 4) is 10.6 Å². The highest BCUT2D eigenvalue weighted by Gasteiger charge is 2.37. The lowest BCUT2D eigenvalue weighted by molar-refractivity contribution is -0.141. The van der Waals surface area contributed by atoms with Crippen molar-refractivity contribution >= 4 is 22.9 Å². The van der Waals surface area contributed by atoms with Crippen LogP contribution in [0.1, 0.15) is 10.6 Å². The molecule has 0 spiro atoms. The third kappa shape index (κ3) is 2.88. The molecule has 1 aromatic carbocycles. The molecule has 0 bridgehead atoms. The Morgan fingerprint density at radius 1 is 1.32 bits per heavy atom. The molecular weight excluding hydrogens is 304 g/mol. The summed E-state index contributed by atoms with van der Waals surface area (Å²) in [5.74, 6) is -0.642. The highest BCUT2D eigenvalue weighted by molar-refractivity contribution is 7.15. The predicted molar refractivity (Wildman–Crippen MR) is 65.4 cm³/mol. The van der Waals surface area contributed by atoms with E-state index in [0.29, 0.717) is 5.56 Å². The van der Waals surface area contributed by atoms with Gasteiger partial charge in [-0.25, -0.2) is 9.37 Å². The highest BCUT2D eigenvalue weighted by Crippen LogP contribution is 2.38. The van der Waals surface area contributed by atoms with E-state index >= 15 is 0 Å². The SMILES string of the molecule is NCc1sc(-c2ccc(F)c(Cl)c2)nc1C(F)(F)F. The summed E-state index contributed by atoms with van der Waals surface area (Å²) in [6, 6.07) is 3.63. The molecule has 19 heavy (non-hydrogen) atoms. The molecular formula is C11H7ClF4N2S. The third-order valence-electron chi connectivity index (χ3n) is 2.32. The summed E-state index contributed by atoms with van der Waals surface area (Å²) in [6.45, 7) is -0.262. The molecule has 0 unspecified atom stereocenters. The number of nitrogens with two attached hydrogens (primary N) is 1. The first-order chi connectivity index (χ1) is 8.82. The first-order valence-electron chi connectivity index (χ1n) is 5.05. The van der Waals surface area contributed by atoms with Gasteiger partial charge in [0.05, 0.1) is 9.90 Å². The molecule has 1 heterocycles. The van der Waals surface area contributed by atoms with E-state index in [-0.39, 0.29) is 21.5 Å². The lowest BCUT2D eigenvalue weighted by Gasteiger charge is -2.03. The lowest BCUT2D eigenvalue weighted by atomic mass is 10.2. The summed E-state index contributed by atoms with van der Waals surface area (Å²) in [5, 5.41) is -0.0646. The van der Waals surface area contributed by atoms with Crippen molar-refractivity contribution in [1.82, 2.24) is 4.98 Å². The first-order valence-corrected chi connectivity index (χ1v) is 6.24. The van der Waals surface area contributed by atoms with E-state index in [2.05, 4.69) is 4.98 Å². The zero-order valence-electron chi connectivity index (χ0n) is 9.26. The van der Waals surface area contributed by atoms with Crippen LogP contribution in [-0.4, -0.2) is 4.98 Å². The van der Waals surface area contributed by atoms with Crippen molar-refractivity contribution in [2.75, 3.05) is 0 Å². The minimum atomic E-state index is -4.56. The zero-order chi connectivity index (χ0) is 14.2. The number of benzene rings is 1. The second kappa shape index (κ2) is 5.07. The van der Waals surface area contributed by atoms with E-state index in [1.165, 1.54) is 12.1 Å². The lowest BCUT2D eigenvalue weighted by Crippen LogP contribution is -2.10. The molecule has 0 aliphatic rings. The van der Waals surface area contributed by atoms with E-state index in [4.69, 9.17) is 17.3 Å². The van der Waals surface area contributed by atoms with Gasteiger partial charge >= 0.3 is 6.18 Å². The van der Waals surface area contributed by atoms with Gasteiger partial charge in [-0.1, -0.05) is 11.6 Å². The maximum atomic E-state index is 13.0. The van der Waals surface area contributed by atoms with Crippen molar-refractivity contribution in [1.29, 1.82) is 0 Å². The van der Waals surface area contributed by atoms with Gasteiger partial charge < -0.3 is 5.73 Å². The standard InChI is InChI=1S/C11H7ClF4N2S/c12-6-3-5(1-2-7(6)13)10-18-9(11(14,15)16)8(4-17)19-10/h1-3H,4,17H2. The number of aromatic nitrogens is 1. The van der Waals surface area contributed by atoms with Crippen LogP contribution in [0.5, 0.6) is 0 Å². The van der Waals surface area contributed by atoms with Crippen LogP contribution in [0.25, 0.3) is 10.6 Å². The Kier molecular flexibility index (Phi) is 3.80. The Labute approximate surface area is 114 Å². The second-order valence-corrected chi connectivity index (χ2v) is 5.11. The molecule has 0 fully saturated rings. The maximum absolute atomic E-state index is 13.0. The number of rotatable bonds is 2. The number of nitrogens with zero attached hydrogens (tertiary/aromatic N) is 1. The van der Waals surface area contributed by atoms with E-state index in [0.717, 1.165) is 17.4 Å². The van der Waals surface area contributed by atoms with Crippen LogP contribution in [0.4, 0.5) is 17.6 Å². The van der Waals surface area contributed by atoms with Gasteiger partial charge in [-0.05, 0) is 18.2 Å². The molecule has 0 atom stereocenters. The molecule has 0 saturated heterocycles. The molecule has 1 aromatic heterocycles. The van der Waals surface area contributed by atoms with Crippen LogP contribution in [0, 0.1) is 5.82 Å². The van der Waals surface area contributed by atoms with Gasteiger partial charge in [0.15, 0.2) is 5.69 Å². The number of thiazole rings is 1. The minimum absolute atomic E-state index is 0.0667. The Morgan fingerprint density at radius 3 is 2.47 bits per heavy atom. The molecule has 2 nitrogen and oxygen atoms in total. The fourth-order valence-corrected chi connectivity index (χ4v) is 2.60. The van der Waals surface area contributed by atoms with Crippen LogP contribution < -0.4 is 5.73 Å². The first kappa shape index (κ1) is 14.2. The van der Waals surface area contributed by atoms with Crippen LogP contribution in [-0.2, 0) is 12.7 Å². The molecule has 2 aromatic rings. The van der Waals surface area contributed by atoms with Gasteiger partial charge in [-0.2, -0.15) is 13.2 Å². The number of hydrogen-bond donors (Lipinski definition) is 1. The highest BCUT2D eigenvalue weighted by atomic mass is 35.5. The average molecular weight is 311 g/mol. The third-order valence-corrected chi connectivity index (χ3v) is 3.73. The van der Waals surface area contributed by atoms with Crippen LogP contribution in [0.2, 0.25) is 5.02 Å². The zero-order valence-corrected chi connectivity index (χ0v) is 10.8. The Bertz CT molecular complexity index is 609. The van der Waals surface area contributed by atoms with Crippen molar-refractivity contribution < 1.29 is 17.6 Å². The van der Waals surface area contributed by atoms with E-state index < -0.39 is 17.7 Å². The molecule has 8 heteroatoms. The maximum Gasteiger partial charge on any atom is 0.434 e. The fraction of sp³-hybridized carbons (Fsp3) is 0.182. The van der Waals surface area contributed by atoms with Gasteiger partial charge in [0.1, 0.15) is 10.8 Å². The molecule has 0 saturated carbocycles. The molecule has 0 aliphatic carbocycles. The number of hydrogen-bond acceptors (Lipinski definition) is 3. The Balaban J connectivity index is 2.51. The topological polar surface area (TPSA) is 38.9 Å². The van der Waals surface area contributed by atoms with Gasteiger partial charge in [-0.15, -0.1) is 11.3 Å². The molecule has 0 aliphatic heterocycles.